The van der Waals surface area contributed by atoms with Gasteiger partial charge in [-0.1, -0.05) is 0 Å². The maximum Gasteiger partial charge on any atom is 0.437 e. The lowest BCUT2D eigenvalue weighted by molar-refractivity contribution is -0.0407. The molecular weight excluding hydrogens is 183 g/mol. The molecule has 1 heterocycles. The molecular formula is C5H7N2O4P. The van der Waals surface area contributed by atoms with E-state index >= 15 is 0 Å². The van der Waals surface area contributed by atoms with Crippen LogP contribution in [0.1, 0.15) is 6.92 Å². The number of amides is 1. The fourth-order valence-electron chi connectivity index (χ4n) is 0.718. The van der Waals surface area contributed by atoms with Crippen molar-refractivity contribution in [2.24, 2.45) is 4.99 Å². The summed E-state index contributed by atoms with van der Waals surface area (Å²) in [5.74, 6) is 0. The molecule has 0 radical (unpaired) electrons. The summed E-state index contributed by atoms with van der Waals surface area (Å²) in [6.45, 7) is 2.00. The van der Waals surface area contributed by atoms with Crippen LogP contribution in [0.2, 0.25) is 0 Å². The molecule has 0 fully saturated rings. The van der Waals surface area contributed by atoms with Gasteiger partial charge in [0, 0.05) is 6.61 Å². The lowest BCUT2D eigenvalue weighted by Gasteiger charge is -2.06. The Balaban J connectivity index is 2.79. The Bertz CT molecular complexity index is 288. The van der Waals surface area contributed by atoms with Gasteiger partial charge in [0.15, 0.2) is 5.45 Å². The van der Waals surface area contributed by atoms with Crippen LogP contribution in [0.4, 0.5) is 4.79 Å². The van der Waals surface area contributed by atoms with Crippen molar-refractivity contribution in [1.82, 2.24) is 0 Å². The minimum Gasteiger partial charge on any atom is -0.411 e. The van der Waals surface area contributed by atoms with E-state index < -0.39 is 20.0 Å². The van der Waals surface area contributed by atoms with Crippen molar-refractivity contribution in [3.8, 4) is 0 Å². The molecule has 0 aromatic rings. The first-order valence-electron chi connectivity index (χ1n) is 3.24. The van der Waals surface area contributed by atoms with Crippen LogP contribution in [-0.4, -0.2) is 24.4 Å². The van der Waals surface area contributed by atoms with E-state index in [0.29, 0.717) is 6.61 Å². The van der Waals surface area contributed by atoms with Crippen LogP contribution in [0.25, 0.3) is 0 Å². The van der Waals surface area contributed by atoms with Gasteiger partial charge < -0.3 is 9.47 Å². The minimum absolute atomic E-state index is 0.142. The topological polar surface area (TPSA) is 88.8 Å². The van der Waals surface area contributed by atoms with E-state index in [2.05, 4.69) is 9.73 Å². The Morgan fingerprint density at radius 1 is 1.83 bits per heavy atom. The number of cyclic esters (lactones) is 1. The predicted molar refractivity (Wildman–Crippen MR) is 39.7 cm³/mol. The van der Waals surface area contributed by atoms with E-state index in [9.17, 15) is 9.36 Å². The van der Waals surface area contributed by atoms with Gasteiger partial charge in [0.25, 0.3) is 6.29 Å². The average molecular weight is 190 g/mol. The summed E-state index contributed by atoms with van der Waals surface area (Å²) in [6, 6.07) is 0. The zero-order chi connectivity index (χ0) is 9.14. The van der Waals surface area contributed by atoms with E-state index in [1.807, 2.05) is 0 Å². The molecule has 1 N–H and O–H groups in total. The number of hydrogen-bond acceptors (Lipinski definition) is 5. The molecule has 66 valence electrons. The SMILES string of the molecule is CCOC1OC(=O)N=C1P(=N)=O. The molecule has 0 saturated carbocycles. The minimum atomic E-state index is -2.40. The maximum atomic E-state index is 10.6. The highest BCUT2D eigenvalue weighted by molar-refractivity contribution is 7.54. The zero-order valence-corrected chi connectivity index (χ0v) is 7.21. The van der Waals surface area contributed by atoms with Crippen LogP contribution < -0.4 is 0 Å². The van der Waals surface area contributed by atoms with Gasteiger partial charge in [-0.25, -0.2) is 9.96 Å². The summed E-state index contributed by atoms with van der Waals surface area (Å²) >= 11 is 0. The number of ether oxygens (including phenoxy) is 2. The molecule has 1 aliphatic rings. The fraction of sp³-hybridized carbons (Fsp3) is 0.600. The first-order valence-corrected chi connectivity index (χ1v) is 4.50. The van der Waals surface area contributed by atoms with Gasteiger partial charge >= 0.3 is 6.09 Å². The number of rotatable bonds is 3. The van der Waals surface area contributed by atoms with Crippen molar-refractivity contribution in [1.29, 1.82) is 5.16 Å². The largest absolute Gasteiger partial charge is 0.437 e. The van der Waals surface area contributed by atoms with Crippen LogP contribution in [0.3, 0.4) is 0 Å². The highest BCUT2D eigenvalue weighted by atomic mass is 31.1. The summed E-state index contributed by atoms with van der Waals surface area (Å²) < 4.78 is 20.0. The quantitative estimate of drug-likeness (QED) is 0.682. The van der Waals surface area contributed by atoms with Gasteiger partial charge in [0.05, 0.1) is 0 Å². The van der Waals surface area contributed by atoms with Gasteiger partial charge in [-0.2, -0.15) is 4.99 Å². The Morgan fingerprint density at radius 2 is 2.50 bits per heavy atom. The van der Waals surface area contributed by atoms with Crippen LogP contribution in [0.5, 0.6) is 0 Å². The first-order chi connectivity index (χ1) is 5.65. The summed E-state index contributed by atoms with van der Waals surface area (Å²) in [7, 11) is -2.40. The van der Waals surface area contributed by atoms with Gasteiger partial charge in [-0.15, -0.1) is 0 Å². The lowest BCUT2D eigenvalue weighted by atomic mass is 10.7. The Hall–Kier alpha value is -1.00. The van der Waals surface area contributed by atoms with Crippen LogP contribution in [0.15, 0.2) is 4.99 Å². The maximum absolute atomic E-state index is 10.6. The van der Waals surface area contributed by atoms with Crippen molar-refractivity contribution >= 4 is 19.1 Å². The smallest absolute Gasteiger partial charge is 0.411 e. The Morgan fingerprint density at radius 3 is 3.00 bits per heavy atom. The molecule has 0 saturated heterocycles. The fourth-order valence-corrected chi connectivity index (χ4v) is 1.21. The van der Waals surface area contributed by atoms with E-state index in [4.69, 9.17) is 9.90 Å². The molecule has 0 aliphatic carbocycles. The van der Waals surface area contributed by atoms with Gasteiger partial charge in [0.2, 0.25) is 7.59 Å². The second kappa shape index (κ2) is 3.60. The number of carbonyl (C=O) groups excluding carboxylic acids is 1. The Kier molecular flexibility index (Phi) is 2.73. The Labute approximate surface area is 68.9 Å². The van der Waals surface area contributed by atoms with E-state index in [0.717, 1.165) is 0 Å². The number of nitrogens with one attached hydrogen (secondary N) is 1. The lowest BCUT2D eigenvalue weighted by Crippen LogP contribution is -2.19. The predicted octanol–water partition coefficient (Wildman–Crippen LogP) is 1.49. The average Bonchev–Trinajstić information content (AvgIpc) is 2.32. The molecule has 12 heavy (non-hydrogen) atoms. The van der Waals surface area contributed by atoms with E-state index in [-0.39, 0.29) is 5.45 Å². The van der Waals surface area contributed by atoms with Crippen LogP contribution >= 0.6 is 7.59 Å². The summed E-state index contributed by atoms with van der Waals surface area (Å²) in [5.41, 5.74) is -0.142. The normalized spacial score (nSPS) is 23.4. The van der Waals surface area contributed by atoms with Gasteiger partial charge in [-0.3, -0.25) is 4.57 Å². The summed E-state index contributed by atoms with van der Waals surface area (Å²) in [6.07, 6.45) is -1.87. The third-order valence-corrected chi connectivity index (χ3v) is 1.88. The van der Waals surface area contributed by atoms with E-state index in [1.165, 1.54) is 0 Å². The molecule has 7 heteroatoms. The summed E-state index contributed by atoms with van der Waals surface area (Å²) in [5, 5.41) is 6.84. The van der Waals surface area contributed by atoms with Gasteiger partial charge in [-0.05, 0) is 6.92 Å². The second-order valence-electron chi connectivity index (χ2n) is 1.94. The van der Waals surface area contributed by atoms with Crippen molar-refractivity contribution in [3.05, 3.63) is 0 Å². The second-order valence-corrected chi connectivity index (χ2v) is 2.98. The van der Waals surface area contributed by atoms with E-state index in [1.54, 1.807) is 6.92 Å². The highest BCUT2D eigenvalue weighted by Gasteiger charge is 2.30. The monoisotopic (exact) mass is 190 g/mol. The third-order valence-electron chi connectivity index (χ3n) is 1.15. The molecule has 1 amide bonds. The molecule has 0 spiro atoms. The molecule has 0 aromatic carbocycles. The van der Waals surface area contributed by atoms with Crippen LogP contribution in [-0.2, 0) is 14.0 Å². The highest BCUT2D eigenvalue weighted by Crippen LogP contribution is 2.21. The van der Waals surface area contributed by atoms with Gasteiger partial charge in [0.1, 0.15) is 0 Å². The van der Waals surface area contributed by atoms with Crippen molar-refractivity contribution in [2.75, 3.05) is 6.61 Å². The van der Waals surface area contributed by atoms with Crippen LogP contribution in [0, 0.1) is 5.16 Å². The number of hydrogen-bond donors (Lipinski definition) is 1. The molecule has 2 atom stereocenters. The van der Waals surface area contributed by atoms with Crippen molar-refractivity contribution in [2.45, 2.75) is 13.2 Å². The molecule has 0 bridgehead atoms. The molecule has 1 rings (SSSR count). The molecule has 0 aromatic heterocycles. The molecule has 6 nitrogen and oxygen atoms in total. The molecule has 1 aliphatic heterocycles. The van der Waals surface area contributed by atoms with Crippen molar-refractivity contribution < 1.29 is 18.8 Å². The number of aliphatic imine (C=N–C) groups is 1. The number of carbonyl (C=O) groups is 1. The standard InChI is InChI=1S/C5H7N2O4P/c1-2-10-4-3(12(6)9)7-5(8)11-4/h4,6H,2H2,1H3. The van der Waals surface area contributed by atoms with Crippen molar-refractivity contribution in [3.63, 3.8) is 0 Å². The number of nitrogens with zero attached hydrogens (tertiary/aromatic N) is 1. The third kappa shape index (κ3) is 1.78. The first kappa shape index (κ1) is 9.09. The summed E-state index contributed by atoms with van der Waals surface area (Å²) in [4.78, 5) is 13.8. The zero-order valence-electron chi connectivity index (χ0n) is 6.31. The molecule has 2 unspecified atom stereocenters.